The number of esters is 2. The van der Waals surface area contributed by atoms with Crippen molar-refractivity contribution < 1.29 is 32.3 Å². The van der Waals surface area contributed by atoms with Crippen molar-refractivity contribution >= 4 is 17.8 Å². The molecule has 5 nitrogen and oxygen atoms in total. The van der Waals surface area contributed by atoms with Gasteiger partial charge in [-0.2, -0.15) is 13.2 Å². The Hall–Kier alpha value is -1.60. The quantitative estimate of drug-likeness (QED) is 0.360. The van der Waals surface area contributed by atoms with Crippen LogP contribution in [-0.4, -0.2) is 30.1 Å². The Kier molecular flexibility index (Phi) is 2.45. The molecular weight excluding hydrogens is 207 g/mol. The zero-order valence-corrected chi connectivity index (χ0v) is 6.55. The molecule has 0 aromatic heterocycles. The van der Waals surface area contributed by atoms with E-state index in [-0.39, 0.29) is 6.42 Å². The lowest BCUT2D eigenvalue weighted by Crippen LogP contribution is -2.54. The van der Waals surface area contributed by atoms with Crippen LogP contribution in [0.3, 0.4) is 0 Å². The van der Waals surface area contributed by atoms with Crippen LogP contribution in [0.1, 0.15) is 6.42 Å². The van der Waals surface area contributed by atoms with Gasteiger partial charge in [-0.3, -0.25) is 4.79 Å². The number of alkyl halides is 3. The highest BCUT2D eigenvalue weighted by Gasteiger charge is 2.44. The van der Waals surface area contributed by atoms with E-state index < -0.39 is 30.1 Å². The fourth-order valence-electron chi connectivity index (χ4n) is 0.721. The Labute approximate surface area is 75.2 Å². The van der Waals surface area contributed by atoms with Crippen molar-refractivity contribution in [3.05, 3.63) is 0 Å². The molecule has 1 aliphatic heterocycles. The van der Waals surface area contributed by atoms with Crippen molar-refractivity contribution in [3.8, 4) is 0 Å². The number of β-lactam (4-membered cyclic amide) rings is 1. The molecule has 1 atom stereocenters. The van der Waals surface area contributed by atoms with Crippen LogP contribution in [0.15, 0.2) is 0 Å². The Morgan fingerprint density at radius 1 is 1.43 bits per heavy atom. The Morgan fingerprint density at radius 2 is 1.93 bits per heavy atom. The van der Waals surface area contributed by atoms with Gasteiger partial charge in [-0.15, -0.1) is 0 Å². The molecule has 1 N–H and O–H groups in total. The second-order valence-electron chi connectivity index (χ2n) is 2.53. The molecule has 1 aliphatic rings. The lowest BCUT2D eigenvalue weighted by molar-refractivity contribution is -0.203. The van der Waals surface area contributed by atoms with Crippen molar-refractivity contribution in [2.45, 2.75) is 18.6 Å². The van der Waals surface area contributed by atoms with Crippen LogP contribution < -0.4 is 5.32 Å². The molecule has 0 spiro atoms. The molecule has 0 aromatic rings. The third kappa shape index (κ3) is 2.21. The highest BCUT2D eigenvalue weighted by molar-refractivity contribution is 5.99. The zero-order chi connectivity index (χ0) is 10.9. The lowest BCUT2D eigenvalue weighted by Gasteiger charge is -2.24. The minimum atomic E-state index is -5.20. The Balaban J connectivity index is 2.42. The molecule has 14 heavy (non-hydrogen) atoms. The fourth-order valence-corrected chi connectivity index (χ4v) is 0.721. The third-order valence-corrected chi connectivity index (χ3v) is 1.43. The molecule has 8 heteroatoms. The van der Waals surface area contributed by atoms with Crippen LogP contribution in [0.25, 0.3) is 0 Å². The first-order valence-corrected chi connectivity index (χ1v) is 3.43. The number of amides is 1. The van der Waals surface area contributed by atoms with E-state index in [4.69, 9.17) is 0 Å². The summed E-state index contributed by atoms with van der Waals surface area (Å²) in [4.78, 5) is 31.1. The molecule has 0 aromatic carbocycles. The van der Waals surface area contributed by atoms with E-state index in [1.807, 2.05) is 5.32 Å². The Bertz CT molecular complexity index is 290. The topological polar surface area (TPSA) is 72.5 Å². The summed E-state index contributed by atoms with van der Waals surface area (Å²) in [5, 5.41) is 1.97. The lowest BCUT2D eigenvalue weighted by atomic mass is 10.1. The SMILES string of the molecule is O=C1CC(C(=O)OC(=O)C(F)(F)F)N1. The standard InChI is InChI=1S/C6H4F3NO4/c7-6(8,9)5(13)14-4(12)2-1-3(11)10-2/h2H,1H2,(H,10,11). The summed E-state index contributed by atoms with van der Waals surface area (Å²) >= 11 is 0. The van der Waals surface area contributed by atoms with Gasteiger partial charge in [-0.25, -0.2) is 9.59 Å². The number of hydrogen-bond donors (Lipinski definition) is 1. The van der Waals surface area contributed by atoms with Gasteiger partial charge in [0.25, 0.3) is 0 Å². The third-order valence-electron chi connectivity index (χ3n) is 1.43. The van der Waals surface area contributed by atoms with Crippen LogP contribution in [-0.2, 0) is 19.1 Å². The van der Waals surface area contributed by atoms with Crippen LogP contribution in [0, 0.1) is 0 Å². The summed E-state index contributed by atoms with van der Waals surface area (Å²) in [5.41, 5.74) is 0. The Morgan fingerprint density at radius 3 is 2.29 bits per heavy atom. The maximum atomic E-state index is 11.6. The molecule has 0 radical (unpaired) electrons. The second kappa shape index (κ2) is 3.28. The predicted octanol–water partition coefficient (Wildman–Crippen LogP) is -0.493. The van der Waals surface area contributed by atoms with Crippen molar-refractivity contribution in [2.75, 3.05) is 0 Å². The second-order valence-corrected chi connectivity index (χ2v) is 2.53. The molecule has 1 fully saturated rings. The van der Waals surface area contributed by atoms with E-state index in [1.165, 1.54) is 0 Å². The molecule has 1 unspecified atom stereocenters. The maximum Gasteiger partial charge on any atom is 0.491 e. The summed E-state index contributed by atoms with van der Waals surface area (Å²) < 4.78 is 38.1. The highest BCUT2D eigenvalue weighted by Crippen LogP contribution is 2.17. The molecule has 1 heterocycles. The van der Waals surface area contributed by atoms with Crippen molar-refractivity contribution in [1.29, 1.82) is 0 Å². The molecule has 0 bridgehead atoms. The van der Waals surface area contributed by atoms with Gasteiger partial charge in [0, 0.05) is 0 Å². The van der Waals surface area contributed by atoms with Gasteiger partial charge in [0.15, 0.2) is 0 Å². The van der Waals surface area contributed by atoms with Gasteiger partial charge in [0.1, 0.15) is 6.04 Å². The maximum absolute atomic E-state index is 11.6. The highest BCUT2D eigenvalue weighted by atomic mass is 19.4. The average Bonchev–Trinajstić information content (AvgIpc) is 1.96. The van der Waals surface area contributed by atoms with Gasteiger partial charge < -0.3 is 10.1 Å². The fraction of sp³-hybridized carbons (Fsp3) is 0.500. The minimum absolute atomic E-state index is 0.260. The van der Waals surface area contributed by atoms with E-state index >= 15 is 0 Å². The number of hydrogen-bond acceptors (Lipinski definition) is 4. The van der Waals surface area contributed by atoms with Crippen LogP contribution in [0.5, 0.6) is 0 Å². The smallest absolute Gasteiger partial charge is 0.385 e. The number of ether oxygens (including phenoxy) is 1. The number of halogens is 3. The van der Waals surface area contributed by atoms with E-state index in [2.05, 4.69) is 4.74 Å². The first-order chi connectivity index (χ1) is 6.30. The number of rotatable bonds is 1. The largest absolute Gasteiger partial charge is 0.491 e. The molecular formula is C6H4F3NO4. The molecule has 0 aliphatic carbocycles. The first kappa shape index (κ1) is 10.5. The van der Waals surface area contributed by atoms with E-state index in [1.54, 1.807) is 0 Å². The summed E-state index contributed by atoms with van der Waals surface area (Å²) in [5.74, 6) is -4.46. The molecule has 1 amide bonds. The van der Waals surface area contributed by atoms with Crippen molar-refractivity contribution in [3.63, 3.8) is 0 Å². The van der Waals surface area contributed by atoms with E-state index in [0.717, 1.165) is 0 Å². The summed E-state index contributed by atoms with van der Waals surface area (Å²) in [6, 6.07) is -1.14. The molecule has 78 valence electrons. The molecule has 1 rings (SSSR count). The number of carbonyl (C=O) groups excluding carboxylic acids is 3. The van der Waals surface area contributed by atoms with Crippen molar-refractivity contribution in [1.82, 2.24) is 5.32 Å². The number of nitrogens with one attached hydrogen (secondary N) is 1. The minimum Gasteiger partial charge on any atom is -0.385 e. The molecule has 0 saturated carbocycles. The zero-order valence-electron chi connectivity index (χ0n) is 6.55. The first-order valence-electron chi connectivity index (χ1n) is 3.43. The monoisotopic (exact) mass is 211 g/mol. The van der Waals surface area contributed by atoms with Gasteiger partial charge in [-0.05, 0) is 0 Å². The van der Waals surface area contributed by atoms with Crippen LogP contribution >= 0.6 is 0 Å². The summed E-state index contributed by atoms with van der Waals surface area (Å²) in [7, 11) is 0. The normalized spacial score (nSPS) is 20.8. The van der Waals surface area contributed by atoms with E-state index in [9.17, 15) is 27.6 Å². The van der Waals surface area contributed by atoms with Crippen molar-refractivity contribution in [2.24, 2.45) is 0 Å². The summed E-state index contributed by atoms with van der Waals surface area (Å²) in [6.45, 7) is 0. The predicted molar refractivity (Wildman–Crippen MR) is 33.7 cm³/mol. The van der Waals surface area contributed by atoms with E-state index in [0.29, 0.717) is 0 Å². The van der Waals surface area contributed by atoms with Gasteiger partial charge >= 0.3 is 18.1 Å². The van der Waals surface area contributed by atoms with Crippen LogP contribution in [0.2, 0.25) is 0 Å². The van der Waals surface area contributed by atoms with Gasteiger partial charge in [0.2, 0.25) is 5.91 Å². The molecule has 1 saturated heterocycles. The summed E-state index contributed by atoms with van der Waals surface area (Å²) in [6.07, 6.45) is -5.46. The van der Waals surface area contributed by atoms with Gasteiger partial charge in [-0.1, -0.05) is 0 Å². The van der Waals surface area contributed by atoms with Crippen LogP contribution in [0.4, 0.5) is 13.2 Å². The van der Waals surface area contributed by atoms with Gasteiger partial charge in [0.05, 0.1) is 6.42 Å². The average molecular weight is 211 g/mol. The number of carbonyl (C=O) groups is 3.